The van der Waals surface area contributed by atoms with Gasteiger partial charge in [-0.05, 0) is 60.0 Å². The molecule has 0 spiro atoms. The molecule has 2 aliphatic heterocycles. The standard InChI is InChI=1S/C22H34BN3O4/c1-20(2,3)28-19(27)26-12-14(13-26)18(24)16-11-15(9-10-17(16)25-8)23-29-21(4,5)22(6,7)30-23/h9-11,14,24-25H,12-13H2,1-8H3. The summed E-state index contributed by atoms with van der Waals surface area (Å²) in [7, 11) is 1.36. The number of nitrogens with one attached hydrogen (secondary N) is 2. The molecule has 1 amide bonds. The van der Waals surface area contributed by atoms with E-state index in [1.54, 1.807) is 4.90 Å². The maximum Gasteiger partial charge on any atom is 0.494 e. The Labute approximate surface area is 180 Å². The molecule has 0 aromatic heterocycles. The van der Waals surface area contributed by atoms with Crippen molar-refractivity contribution in [2.75, 3.05) is 25.5 Å². The van der Waals surface area contributed by atoms with E-state index in [9.17, 15) is 4.79 Å². The van der Waals surface area contributed by atoms with Crippen LogP contribution in [0.3, 0.4) is 0 Å². The average Bonchev–Trinajstić information content (AvgIpc) is 2.79. The molecule has 1 aromatic carbocycles. The van der Waals surface area contributed by atoms with Crippen LogP contribution in [0.25, 0.3) is 0 Å². The molecule has 2 fully saturated rings. The highest BCUT2D eigenvalue weighted by molar-refractivity contribution is 6.62. The second-order valence-electron chi connectivity index (χ2n) is 10.1. The van der Waals surface area contributed by atoms with E-state index < -0.39 is 23.9 Å². The van der Waals surface area contributed by atoms with E-state index in [-0.39, 0.29) is 12.0 Å². The molecule has 0 aliphatic carbocycles. The Morgan fingerprint density at radius 3 is 2.27 bits per heavy atom. The molecule has 2 saturated heterocycles. The van der Waals surface area contributed by atoms with E-state index in [0.29, 0.717) is 18.8 Å². The number of ether oxygens (including phenoxy) is 1. The molecule has 0 saturated carbocycles. The van der Waals surface area contributed by atoms with Crippen LogP contribution in [0.1, 0.15) is 54.0 Å². The van der Waals surface area contributed by atoms with Crippen LogP contribution in [-0.4, -0.2) is 60.8 Å². The van der Waals surface area contributed by atoms with Crippen LogP contribution in [0.15, 0.2) is 18.2 Å². The first-order valence-electron chi connectivity index (χ1n) is 10.5. The highest BCUT2D eigenvalue weighted by Crippen LogP contribution is 2.37. The summed E-state index contributed by atoms with van der Waals surface area (Å²) in [5, 5.41) is 11.9. The second-order valence-corrected chi connectivity index (χ2v) is 10.1. The van der Waals surface area contributed by atoms with Gasteiger partial charge < -0.3 is 29.7 Å². The Bertz CT molecular complexity index is 825. The van der Waals surface area contributed by atoms with Crippen molar-refractivity contribution in [3.63, 3.8) is 0 Å². The molecule has 2 N–H and O–H groups in total. The number of hydrogen-bond acceptors (Lipinski definition) is 6. The number of nitrogens with zero attached hydrogens (tertiary/aromatic N) is 1. The van der Waals surface area contributed by atoms with Crippen molar-refractivity contribution >= 4 is 30.1 Å². The van der Waals surface area contributed by atoms with Gasteiger partial charge in [-0.15, -0.1) is 0 Å². The molecule has 0 bridgehead atoms. The van der Waals surface area contributed by atoms with E-state index in [4.69, 9.17) is 19.5 Å². The summed E-state index contributed by atoms with van der Waals surface area (Å²) in [5.41, 5.74) is 1.69. The number of carbonyl (C=O) groups is 1. The molecule has 30 heavy (non-hydrogen) atoms. The smallest absolute Gasteiger partial charge is 0.444 e. The largest absolute Gasteiger partial charge is 0.494 e. The lowest BCUT2D eigenvalue weighted by molar-refractivity contribution is 0.00578. The molecular formula is C22H34BN3O4. The van der Waals surface area contributed by atoms with Gasteiger partial charge in [-0.1, -0.05) is 12.1 Å². The van der Waals surface area contributed by atoms with Gasteiger partial charge >= 0.3 is 13.2 Å². The quantitative estimate of drug-likeness (QED) is 0.583. The molecule has 0 unspecified atom stereocenters. The van der Waals surface area contributed by atoms with Crippen LogP contribution in [0.5, 0.6) is 0 Å². The fourth-order valence-corrected chi connectivity index (χ4v) is 3.49. The Hall–Kier alpha value is -2.06. The van der Waals surface area contributed by atoms with Gasteiger partial charge in [0, 0.05) is 43.0 Å². The predicted octanol–water partition coefficient (Wildman–Crippen LogP) is 3.26. The van der Waals surface area contributed by atoms with Crippen molar-refractivity contribution < 1.29 is 18.8 Å². The van der Waals surface area contributed by atoms with Crippen molar-refractivity contribution in [2.24, 2.45) is 5.92 Å². The Kier molecular flexibility index (Phi) is 5.71. The zero-order chi connectivity index (χ0) is 22.5. The van der Waals surface area contributed by atoms with Gasteiger partial charge in [0.1, 0.15) is 5.60 Å². The van der Waals surface area contributed by atoms with Gasteiger partial charge in [0.2, 0.25) is 0 Å². The first kappa shape index (κ1) is 22.6. The van der Waals surface area contributed by atoms with Crippen LogP contribution >= 0.6 is 0 Å². The lowest BCUT2D eigenvalue weighted by Crippen LogP contribution is -2.54. The fraction of sp³-hybridized carbons (Fsp3) is 0.636. The summed E-state index contributed by atoms with van der Waals surface area (Å²) in [6.45, 7) is 14.6. The monoisotopic (exact) mass is 415 g/mol. The van der Waals surface area contributed by atoms with E-state index in [1.807, 2.05) is 73.7 Å². The minimum Gasteiger partial charge on any atom is -0.444 e. The lowest BCUT2D eigenvalue weighted by Gasteiger charge is -2.40. The molecule has 8 heteroatoms. The Balaban J connectivity index is 1.74. The number of benzene rings is 1. The highest BCUT2D eigenvalue weighted by atomic mass is 16.7. The zero-order valence-electron chi connectivity index (χ0n) is 19.4. The topological polar surface area (TPSA) is 83.9 Å². The molecule has 2 aliphatic rings. The molecule has 2 heterocycles. The van der Waals surface area contributed by atoms with E-state index >= 15 is 0 Å². The summed E-state index contributed by atoms with van der Waals surface area (Å²) in [6, 6.07) is 5.89. The number of anilines is 1. The lowest BCUT2D eigenvalue weighted by atomic mass is 9.76. The maximum atomic E-state index is 12.2. The molecule has 1 aromatic rings. The molecule has 164 valence electrons. The summed E-state index contributed by atoms with van der Waals surface area (Å²) < 4.78 is 17.8. The predicted molar refractivity (Wildman–Crippen MR) is 120 cm³/mol. The minimum atomic E-state index is -0.522. The number of hydrogen-bond donors (Lipinski definition) is 2. The van der Waals surface area contributed by atoms with E-state index in [1.165, 1.54) is 0 Å². The first-order valence-corrected chi connectivity index (χ1v) is 10.5. The van der Waals surface area contributed by atoms with Crippen molar-refractivity contribution in [1.29, 1.82) is 5.41 Å². The normalized spacial score (nSPS) is 20.7. The average molecular weight is 415 g/mol. The second kappa shape index (κ2) is 7.57. The van der Waals surface area contributed by atoms with Crippen molar-refractivity contribution in [3.8, 4) is 0 Å². The molecule has 0 atom stereocenters. The van der Waals surface area contributed by atoms with Gasteiger partial charge in [0.15, 0.2) is 0 Å². The van der Waals surface area contributed by atoms with Crippen molar-refractivity contribution in [3.05, 3.63) is 23.8 Å². The van der Waals surface area contributed by atoms with Crippen LogP contribution in [0.4, 0.5) is 10.5 Å². The molecular weight excluding hydrogens is 381 g/mol. The zero-order valence-corrected chi connectivity index (χ0v) is 19.4. The number of carbonyl (C=O) groups excluding carboxylic acids is 1. The van der Waals surface area contributed by atoms with Gasteiger partial charge in [-0.2, -0.15) is 0 Å². The molecule has 0 radical (unpaired) electrons. The summed E-state index contributed by atoms with van der Waals surface area (Å²) in [4.78, 5) is 13.8. The Morgan fingerprint density at radius 1 is 1.20 bits per heavy atom. The van der Waals surface area contributed by atoms with Crippen molar-refractivity contribution in [2.45, 2.75) is 65.3 Å². The first-order chi connectivity index (χ1) is 13.7. The molecule has 3 rings (SSSR count). The number of amides is 1. The van der Waals surface area contributed by atoms with Crippen LogP contribution in [0.2, 0.25) is 0 Å². The van der Waals surface area contributed by atoms with Crippen LogP contribution < -0.4 is 10.8 Å². The van der Waals surface area contributed by atoms with Gasteiger partial charge in [0.05, 0.1) is 11.2 Å². The fourth-order valence-electron chi connectivity index (χ4n) is 3.49. The van der Waals surface area contributed by atoms with Crippen LogP contribution in [0, 0.1) is 11.3 Å². The summed E-state index contributed by atoms with van der Waals surface area (Å²) in [5.74, 6) is -0.0295. The maximum absolute atomic E-state index is 12.2. The van der Waals surface area contributed by atoms with E-state index in [0.717, 1.165) is 16.7 Å². The highest BCUT2D eigenvalue weighted by Gasteiger charge is 2.51. The summed E-state index contributed by atoms with van der Waals surface area (Å²) in [6.07, 6.45) is -0.327. The summed E-state index contributed by atoms with van der Waals surface area (Å²) >= 11 is 0. The number of likely N-dealkylation sites (tertiary alicyclic amines) is 1. The Morgan fingerprint density at radius 2 is 1.77 bits per heavy atom. The van der Waals surface area contributed by atoms with Crippen LogP contribution in [-0.2, 0) is 14.0 Å². The van der Waals surface area contributed by atoms with E-state index in [2.05, 4.69) is 5.32 Å². The number of rotatable bonds is 4. The minimum absolute atomic E-state index is 0.0295. The SMILES string of the molecule is CNc1ccc(B2OC(C)(C)C(C)(C)O2)cc1C(=N)C1CN(C(=O)OC(C)(C)C)C1. The third-order valence-electron chi connectivity index (χ3n) is 6.07. The van der Waals surface area contributed by atoms with Gasteiger partial charge in [-0.3, -0.25) is 0 Å². The van der Waals surface area contributed by atoms with Gasteiger partial charge in [-0.25, -0.2) is 4.79 Å². The third-order valence-corrected chi connectivity index (χ3v) is 6.07. The van der Waals surface area contributed by atoms with Crippen molar-refractivity contribution in [1.82, 2.24) is 4.90 Å². The van der Waals surface area contributed by atoms with Gasteiger partial charge in [0.25, 0.3) is 0 Å². The third kappa shape index (κ3) is 4.35. The molecule has 7 nitrogen and oxygen atoms in total.